The van der Waals surface area contributed by atoms with Crippen LogP contribution in [0.3, 0.4) is 0 Å². The Labute approximate surface area is 100 Å². The molecular formula is C10H15N3O3S. The van der Waals surface area contributed by atoms with Crippen LogP contribution in [0.4, 0.5) is 5.82 Å². The number of nitrogens with two attached hydrogens (primary N) is 1. The third-order valence-electron chi connectivity index (χ3n) is 2.90. The third-order valence-corrected chi connectivity index (χ3v) is 4.84. The highest BCUT2D eigenvalue weighted by Crippen LogP contribution is 2.25. The van der Waals surface area contributed by atoms with Gasteiger partial charge in [0.2, 0.25) is 10.0 Å². The monoisotopic (exact) mass is 257 g/mol. The Balaban J connectivity index is 2.33. The minimum Gasteiger partial charge on any atom is -0.395 e. The first-order valence-electron chi connectivity index (χ1n) is 5.40. The van der Waals surface area contributed by atoms with Crippen LogP contribution in [-0.2, 0) is 10.0 Å². The van der Waals surface area contributed by atoms with E-state index >= 15 is 0 Å². The predicted molar refractivity (Wildman–Crippen MR) is 62.6 cm³/mol. The molecule has 0 amide bonds. The van der Waals surface area contributed by atoms with Crippen molar-refractivity contribution >= 4 is 15.8 Å². The van der Waals surface area contributed by atoms with Crippen LogP contribution in [0.1, 0.15) is 12.8 Å². The van der Waals surface area contributed by atoms with E-state index in [1.54, 1.807) is 0 Å². The van der Waals surface area contributed by atoms with Crippen molar-refractivity contribution in [2.75, 3.05) is 18.9 Å². The van der Waals surface area contributed by atoms with Crippen LogP contribution in [0.25, 0.3) is 0 Å². The molecule has 2 rings (SSSR count). The number of aliphatic hydroxyl groups is 1. The number of pyridine rings is 1. The molecule has 0 saturated carbocycles. The molecule has 1 saturated heterocycles. The van der Waals surface area contributed by atoms with Gasteiger partial charge in [-0.1, -0.05) is 0 Å². The minimum absolute atomic E-state index is 0.118. The Morgan fingerprint density at radius 2 is 2.29 bits per heavy atom. The fourth-order valence-electron chi connectivity index (χ4n) is 1.99. The number of anilines is 1. The lowest BCUT2D eigenvalue weighted by Gasteiger charge is -2.22. The van der Waals surface area contributed by atoms with E-state index in [1.807, 2.05) is 0 Å². The summed E-state index contributed by atoms with van der Waals surface area (Å²) in [5.41, 5.74) is 5.42. The van der Waals surface area contributed by atoms with E-state index in [-0.39, 0.29) is 23.4 Å². The number of rotatable bonds is 3. The van der Waals surface area contributed by atoms with Gasteiger partial charge >= 0.3 is 0 Å². The van der Waals surface area contributed by atoms with Crippen LogP contribution in [0.15, 0.2) is 23.2 Å². The van der Waals surface area contributed by atoms with E-state index in [0.717, 1.165) is 6.42 Å². The molecule has 6 nitrogen and oxygen atoms in total. The summed E-state index contributed by atoms with van der Waals surface area (Å²) >= 11 is 0. The summed E-state index contributed by atoms with van der Waals surface area (Å²) in [6.07, 6.45) is 2.71. The molecule has 0 aliphatic carbocycles. The molecule has 3 N–H and O–H groups in total. The van der Waals surface area contributed by atoms with E-state index in [2.05, 4.69) is 4.98 Å². The first-order valence-corrected chi connectivity index (χ1v) is 6.84. The van der Waals surface area contributed by atoms with Crippen LogP contribution < -0.4 is 5.73 Å². The normalized spacial score (nSPS) is 21.8. The summed E-state index contributed by atoms with van der Waals surface area (Å²) in [6.45, 7) is 0.291. The van der Waals surface area contributed by atoms with Crippen LogP contribution in [0, 0.1) is 0 Å². The second kappa shape index (κ2) is 4.59. The maximum atomic E-state index is 12.2. The lowest BCUT2D eigenvalue weighted by atomic mass is 10.2. The summed E-state index contributed by atoms with van der Waals surface area (Å²) in [5, 5.41) is 9.15. The molecule has 0 bridgehead atoms. The lowest BCUT2D eigenvalue weighted by Crippen LogP contribution is -2.37. The molecule has 1 aromatic rings. The highest BCUT2D eigenvalue weighted by atomic mass is 32.2. The smallest absolute Gasteiger partial charge is 0.244 e. The summed E-state index contributed by atoms with van der Waals surface area (Å²) in [6, 6.07) is 2.57. The van der Waals surface area contributed by atoms with E-state index in [0.29, 0.717) is 13.0 Å². The van der Waals surface area contributed by atoms with Crippen molar-refractivity contribution in [3.8, 4) is 0 Å². The van der Waals surface area contributed by atoms with Gasteiger partial charge < -0.3 is 10.8 Å². The number of sulfonamides is 1. The SMILES string of the molecule is Nc1ccc(S(=O)(=O)N2CCC[C@@H]2CO)cn1. The fraction of sp³-hybridized carbons (Fsp3) is 0.500. The van der Waals surface area contributed by atoms with Crippen molar-refractivity contribution in [2.45, 2.75) is 23.8 Å². The minimum atomic E-state index is -3.56. The molecule has 7 heteroatoms. The summed E-state index contributed by atoms with van der Waals surface area (Å²) in [7, 11) is -3.56. The van der Waals surface area contributed by atoms with Gasteiger partial charge in [0.05, 0.1) is 6.61 Å². The van der Waals surface area contributed by atoms with Gasteiger partial charge in [0.1, 0.15) is 10.7 Å². The fourth-order valence-corrected chi connectivity index (χ4v) is 3.62. The maximum absolute atomic E-state index is 12.2. The molecule has 0 radical (unpaired) electrons. The molecule has 1 atom stereocenters. The predicted octanol–water partition coefficient (Wildman–Crippen LogP) is -0.191. The van der Waals surface area contributed by atoms with Gasteiger partial charge in [-0.15, -0.1) is 0 Å². The number of nitrogen functional groups attached to an aromatic ring is 1. The standard InChI is InChI=1S/C10H15N3O3S/c11-10-4-3-9(6-12-10)17(15,16)13-5-1-2-8(13)7-14/h3-4,6,8,14H,1-2,5,7H2,(H2,11,12)/t8-/m1/s1. The molecule has 1 aliphatic rings. The van der Waals surface area contributed by atoms with Gasteiger partial charge in [-0.2, -0.15) is 4.31 Å². The first-order chi connectivity index (χ1) is 8.05. The quantitative estimate of drug-likeness (QED) is 0.782. The van der Waals surface area contributed by atoms with Gasteiger partial charge in [-0.05, 0) is 25.0 Å². The number of aliphatic hydroxyl groups excluding tert-OH is 1. The largest absolute Gasteiger partial charge is 0.395 e. The lowest BCUT2D eigenvalue weighted by molar-refractivity contribution is 0.213. The Bertz CT molecular complexity index is 486. The Morgan fingerprint density at radius 3 is 2.88 bits per heavy atom. The molecule has 94 valence electrons. The molecule has 0 aromatic carbocycles. The van der Waals surface area contributed by atoms with Crippen molar-refractivity contribution in [1.82, 2.24) is 9.29 Å². The Kier molecular flexibility index (Phi) is 3.32. The summed E-state index contributed by atoms with van der Waals surface area (Å²) < 4.78 is 25.8. The second-order valence-corrected chi connectivity index (χ2v) is 5.90. The van der Waals surface area contributed by atoms with Gasteiger partial charge in [-0.25, -0.2) is 13.4 Å². The van der Waals surface area contributed by atoms with E-state index in [1.165, 1.54) is 22.6 Å². The average Bonchev–Trinajstić information content (AvgIpc) is 2.78. The van der Waals surface area contributed by atoms with Crippen molar-refractivity contribution in [2.24, 2.45) is 0 Å². The molecule has 1 fully saturated rings. The zero-order valence-electron chi connectivity index (χ0n) is 9.28. The van der Waals surface area contributed by atoms with E-state index in [4.69, 9.17) is 10.8 Å². The zero-order valence-corrected chi connectivity index (χ0v) is 10.1. The number of hydrogen-bond donors (Lipinski definition) is 2. The highest BCUT2D eigenvalue weighted by molar-refractivity contribution is 7.89. The van der Waals surface area contributed by atoms with Crippen molar-refractivity contribution < 1.29 is 13.5 Å². The Hall–Kier alpha value is -1.18. The van der Waals surface area contributed by atoms with Crippen LogP contribution in [0.2, 0.25) is 0 Å². The summed E-state index contributed by atoms with van der Waals surface area (Å²) in [5.74, 6) is 0.282. The van der Waals surface area contributed by atoms with Crippen LogP contribution in [-0.4, -0.2) is 42.0 Å². The maximum Gasteiger partial charge on any atom is 0.244 e. The first kappa shape index (κ1) is 12.3. The van der Waals surface area contributed by atoms with E-state index in [9.17, 15) is 8.42 Å². The number of hydrogen-bond acceptors (Lipinski definition) is 5. The molecular weight excluding hydrogens is 242 g/mol. The van der Waals surface area contributed by atoms with Gasteiger partial charge in [0.15, 0.2) is 0 Å². The topological polar surface area (TPSA) is 96.5 Å². The summed E-state index contributed by atoms with van der Waals surface area (Å²) in [4.78, 5) is 3.89. The van der Waals surface area contributed by atoms with Crippen molar-refractivity contribution in [3.05, 3.63) is 18.3 Å². The molecule has 1 aromatic heterocycles. The molecule has 0 unspecified atom stereocenters. The highest BCUT2D eigenvalue weighted by Gasteiger charge is 2.34. The Morgan fingerprint density at radius 1 is 1.53 bits per heavy atom. The van der Waals surface area contributed by atoms with Crippen molar-refractivity contribution in [1.29, 1.82) is 0 Å². The van der Waals surface area contributed by atoms with Gasteiger partial charge in [0.25, 0.3) is 0 Å². The van der Waals surface area contributed by atoms with Crippen molar-refractivity contribution in [3.63, 3.8) is 0 Å². The molecule has 17 heavy (non-hydrogen) atoms. The van der Waals surface area contributed by atoms with Gasteiger partial charge in [0, 0.05) is 18.8 Å². The zero-order chi connectivity index (χ0) is 12.5. The number of aromatic nitrogens is 1. The molecule has 2 heterocycles. The molecule has 0 spiro atoms. The molecule has 1 aliphatic heterocycles. The van der Waals surface area contributed by atoms with Crippen LogP contribution in [0.5, 0.6) is 0 Å². The van der Waals surface area contributed by atoms with E-state index < -0.39 is 10.0 Å². The second-order valence-electron chi connectivity index (χ2n) is 4.01. The number of nitrogens with zero attached hydrogens (tertiary/aromatic N) is 2. The average molecular weight is 257 g/mol. The third kappa shape index (κ3) is 2.26. The van der Waals surface area contributed by atoms with Crippen LogP contribution >= 0.6 is 0 Å². The van der Waals surface area contributed by atoms with Gasteiger partial charge in [-0.3, -0.25) is 0 Å².